The smallest absolute Gasteiger partial charge is 0.376 e. The summed E-state index contributed by atoms with van der Waals surface area (Å²) in [4.78, 5) is 12.4. The molecule has 0 radical (unpaired) electrons. The van der Waals surface area contributed by atoms with Gasteiger partial charge in [0.05, 0.1) is 11.2 Å². The van der Waals surface area contributed by atoms with Crippen molar-refractivity contribution in [3.05, 3.63) is 66.1 Å². The van der Waals surface area contributed by atoms with E-state index in [0.717, 1.165) is 0 Å². The zero-order valence-corrected chi connectivity index (χ0v) is 16.4. The predicted molar refractivity (Wildman–Crippen MR) is 108 cm³/mol. The van der Waals surface area contributed by atoms with Gasteiger partial charge in [0.1, 0.15) is 5.82 Å². The Morgan fingerprint density at radius 2 is 1.72 bits per heavy atom. The van der Waals surface area contributed by atoms with Crippen LogP contribution in [0.25, 0.3) is 10.9 Å². The minimum absolute atomic E-state index is 0.266. The number of fused-ring (bicyclic) bond motifs is 1. The first-order chi connectivity index (χ1) is 13.5. The fraction of sp³-hybridized carbons (Fsp3) is 0.318. The van der Waals surface area contributed by atoms with Gasteiger partial charge in [-0.15, -0.1) is 0 Å². The number of benzene rings is 2. The predicted octanol–water partition coefficient (Wildman–Crippen LogP) is 5.30. The van der Waals surface area contributed by atoms with Crippen LogP contribution >= 0.6 is 0 Å². The Bertz CT molecular complexity index is 1030. The standard InChI is InChI=1S/C22H22F3N3O/c1-15-26-12-17-18(10-7-11-19(17)28-15)27-14-21(29,22(23,24)25)13-20(2,3)16-8-5-4-6-9-16/h4-12,14,29H,13H2,1-3H3. The average molecular weight is 401 g/mol. The van der Waals surface area contributed by atoms with E-state index in [1.165, 1.54) is 6.20 Å². The highest BCUT2D eigenvalue weighted by Crippen LogP contribution is 2.40. The van der Waals surface area contributed by atoms with E-state index < -0.39 is 23.6 Å². The third-order valence-electron chi connectivity index (χ3n) is 4.90. The highest BCUT2D eigenvalue weighted by Gasteiger charge is 2.55. The summed E-state index contributed by atoms with van der Waals surface area (Å²) in [5, 5.41) is 11.1. The van der Waals surface area contributed by atoms with Crippen molar-refractivity contribution in [1.29, 1.82) is 0 Å². The summed E-state index contributed by atoms with van der Waals surface area (Å²) in [6.45, 7) is 5.06. The number of aromatic nitrogens is 2. The molecule has 1 heterocycles. The Kier molecular flexibility index (Phi) is 5.45. The second kappa shape index (κ2) is 7.55. The van der Waals surface area contributed by atoms with Crippen LogP contribution in [0.4, 0.5) is 18.9 Å². The Morgan fingerprint density at radius 3 is 2.38 bits per heavy atom. The number of nitrogens with zero attached hydrogens (tertiary/aromatic N) is 3. The molecular formula is C22H22F3N3O. The van der Waals surface area contributed by atoms with Gasteiger partial charge in [0.25, 0.3) is 0 Å². The van der Waals surface area contributed by atoms with Crippen LogP contribution < -0.4 is 0 Å². The van der Waals surface area contributed by atoms with Gasteiger partial charge in [-0.25, -0.2) is 9.97 Å². The summed E-state index contributed by atoms with van der Waals surface area (Å²) >= 11 is 0. The van der Waals surface area contributed by atoms with Crippen LogP contribution in [0.1, 0.15) is 31.7 Å². The normalized spacial score (nSPS) is 15.0. The van der Waals surface area contributed by atoms with Crippen molar-refractivity contribution in [2.45, 2.75) is 44.4 Å². The Morgan fingerprint density at radius 1 is 1.03 bits per heavy atom. The number of rotatable bonds is 5. The molecule has 3 aromatic rings. The molecule has 4 nitrogen and oxygen atoms in total. The minimum atomic E-state index is -4.89. The molecule has 29 heavy (non-hydrogen) atoms. The summed E-state index contributed by atoms with van der Waals surface area (Å²) in [7, 11) is 0. The van der Waals surface area contributed by atoms with E-state index in [2.05, 4.69) is 15.0 Å². The van der Waals surface area contributed by atoms with Crippen molar-refractivity contribution < 1.29 is 18.3 Å². The lowest BCUT2D eigenvalue weighted by molar-refractivity contribution is -0.234. The van der Waals surface area contributed by atoms with Gasteiger partial charge < -0.3 is 5.11 Å². The van der Waals surface area contributed by atoms with Crippen LogP contribution in [0.5, 0.6) is 0 Å². The molecule has 1 aromatic heterocycles. The largest absolute Gasteiger partial charge is 0.422 e. The minimum Gasteiger partial charge on any atom is -0.376 e. The van der Waals surface area contributed by atoms with E-state index in [1.807, 2.05) is 0 Å². The number of aliphatic imine (C=N–C) groups is 1. The zero-order valence-electron chi connectivity index (χ0n) is 16.4. The van der Waals surface area contributed by atoms with E-state index in [0.29, 0.717) is 28.5 Å². The quantitative estimate of drug-likeness (QED) is 0.590. The molecule has 0 saturated carbocycles. The SMILES string of the molecule is Cc1ncc2c(N=CC(O)(CC(C)(C)c3ccccc3)C(F)(F)F)cccc2n1. The van der Waals surface area contributed by atoms with E-state index in [9.17, 15) is 18.3 Å². The lowest BCUT2D eigenvalue weighted by atomic mass is 9.75. The number of alkyl halides is 3. The topological polar surface area (TPSA) is 58.4 Å². The van der Waals surface area contributed by atoms with Gasteiger partial charge in [-0.2, -0.15) is 13.2 Å². The van der Waals surface area contributed by atoms with Crippen LogP contribution in [0.2, 0.25) is 0 Å². The Balaban J connectivity index is 2.00. The molecule has 0 aliphatic rings. The molecular weight excluding hydrogens is 379 g/mol. The zero-order chi connectivity index (χ0) is 21.3. The first kappa shape index (κ1) is 20.9. The van der Waals surface area contributed by atoms with Gasteiger partial charge in [0.2, 0.25) is 0 Å². The maximum Gasteiger partial charge on any atom is 0.422 e. The molecule has 0 aliphatic carbocycles. The highest BCUT2D eigenvalue weighted by atomic mass is 19.4. The second-order valence-electron chi connectivity index (χ2n) is 7.73. The number of aryl methyl sites for hydroxylation is 1. The number of hydrogen-bond donors (Lipinski definition) is 1. The van der Waals surface area contributed by atoms with Gasteiger partial charge in [-0.1, -0.05) is 50.2 Å². The monoisotopic (exact) mass is 401 g/mol. The van der Waals surface area contributed by atoms with Crippen molar-refractivity contribution >= 4 is 22.8 Å². The van der Waals surface area contributed by atoms with Gasteiger partial charge >= 0.3 is 6.18 Å². The fourth-order valence-corrected chi connectivity index (χ4v) is 3.31. The summed E-state index contributed by atoms with van der Waals surface area (Å²) < 4.78 is 41.6. The average Bonchev–Trinajstić information content (AvgIpc) is 2.65. The molecule has 1 atom stereocenters. The highest BCUT2D eigenvalue weighted by molar-refractivity contribution is 5.91. The van der Waals surface area contributed by atoms with Crippen LogP contribution in [-0.2, 0) is 5.41 Å². The Labute approximate surface area is 167 Å². The van der Waals surface area contributed by atoms with Gasteiger partial charge in [-0.05, 0) is 36.5 Å². The lowest BCUT2D eigenvalue weighted by Gasteiger charge is -2.35. The molecule has 0 amide bonds. The van der Waals surface area contributed by atoms with Crippen molar-refractivity contribution in [2.75, 3.05) is 0 Å². The van der Waals surface area contributed by atoms with E-state index in [1.54, 1.807) is 69.3 Å². The second-order valence-corrected chi connectivity index (χ2v) is 7.73. The third kappa shape index (κ3) is 4.45. The third-order valence-corrected chi connectivity index (χ3v) is 4.90. The molecule has 152 valence electrons. The molecule has 1 unspecified atom stereocenters. The van der Waals surface area contributed by atoms with Crippen molar-refractivity contribution in [3.8, 4) is 0 Å². The van der Waals surface area contributed by atoms with Gasteiger partial charge in [0, 0.05) is 17.8 Å². The van der Waals surface area contributed by atoms with Crippen LogP contribution in [0.3, 0.4) is 0 Å². The maximum absolute atomic E-state index is 13.9. The summed E-state index contributed by atoms with van der Waals surface area (Å²) in [5.74, 6) is 0.551. The van der Waals surface area contributed by atoms with Crippen LogP contribution in [-0.4, -0.2) is 33.1 Å². The summed E-state index contributed by atoms with van der Waals surface area (Å²) in [6, 6.07) is 13.8. The van der Waals surface area contributed by atoms with E-state index >= 15 is 0 Å². The summed E-state index contributed by atoms with van der Waals surface area (Å²) in [5.41, 5.74) is -2.49. The molecule has 0 spiro atoms. The van der Waals surface area contributed by atoms with Gasteiger partial charge in [0.15, 0.2) is 5.60 Å². The van der Waals surface area contributed by atoms with Crippen molar-refractivity contribution in [1.82, 2.24) is 9.97 Å². The Hall–Kier alpha value is -2.80. The first-order valence-electron chi connectivity index (χ1n) is 9.14. The fourth-order valence-electron chi connectivity index (χ4n) is 3.31. The van der Waals surface area contributed by atoms with Crippen LogP contribution in [0.15, 0.2) is 59.7 Å². The van der Waals surface area contributed by atoms with Crippen molar-refractivity contribution in [2.24, 2.45) is 4.99 Å². The number of halogens is 3. The van der Waals surface area contributed by atoms with Gasteiger partial charge in [-0.3, -0.25) is 4.99 Å². The summed E-state index contributed by atoms with van der Waals surface area (Å²) in [6.07, 6.45) is -3.35. The first-order valence-corrected chi connectivity index (χ1v) is 9.14. The number of aliphatic hydroxyl groups is 1. The lowest BCUT2D eigenvalue weighted by Crippen LogP contribution is -2.50. The molecule has 0 bridgehead atoms. The van der Waals surface area contributed by atoms with Crippen LogP contribution in [0, 0.1) is 6.92 Å². The maximum atomic E-state index is 13.9. The molecule has 2 aromatic carbocycles. The molecule has 1 N–H and O–H groups in total. The number of hydrogen-bond acceptors (Lipinski definition) is 4. The van der Waals surface area contributed by atoms with E-state index in [4.69, 9.17) is 0 Å². The molecule has 0 fully saturated rings. The molecule has 7 heteroatoms. The van der Waals surface area contributed by atoms with Crippen molar-refractivity contribution in [3.63, 3.8) is 0 Å². The molecule has 3 rings (SSSR count). The molecule has 0 saturated heterocycles. The van der Waals surface area contributed by atoms with E-state index in [-0.39, 0.29) is 5.69 Å². The molecule has 0 aliphatic heterocycles.